The number of Topliss-reactive ketones (excluding diaryl/α,β-unsaturated/α-hetero) is 1. The molecular formula is C30H45NO6S. The Hall–Kier alpha value is -1.38. The van der Waals surface area contributed by atoms with Crippen LogP contribution in [0, 0.1) is 45.8 Å². The van der Waals surface area contributed by atoms with Crippen LogP contribution in [0.2, 0.25) is 0 Å². The van der Waals surface area contributed by atoms with E-state index in [0.717, 1.165) is 38.5 Å². The van der Waals surface area contributed by atoms with E-state index >= 15 is 0 Å². The summed E-state index contributed by atoms with van der Waals surface area (Å²) in [7, 11) is 0. The smallest absolute Gasteiger partial charge is 0.316 e. The summed E-state index contributed by atoms with van der Waals surface area (Å²) < 4.78 is 6.33. The number of nitrogens with one attached hydrogen (secondary N) is 1. The summed E-state index contributed by atoms with van der Waals surface area (Å²) in [6.07, 6.45) is 5.98. The number of aliphatic hydroxyl groups excluding tert-OH is 2. The fourth-order valence-corrected chi connectivity index (χ4v) is 10.7. The van der Waals surface area contributed by atoms with Crippen LogP contribution in [0.15, 0.2) is 12.7 Å². The van der Waals surface area contributed by atoms with Gasteiger partial charge in [0, 0.05) is 34.5 Å². The van der Waals surface area contributed by atoms with Gasteiger partial charge in [-0.2, -0.15) is 0 Å². The Balaban J connectivity index is 1.36. The molecule has 0 aromatic carbocycles. The first-order chi connectivity index (χ1) is 17.9. The summed E-state index contributed by atoms with van der Waals surface area (Å²) >= 11 is 1.44. The largest absolute Gasteiger partial charge is 0.461 e. The van der Waals surface area contributed by atoms with Crippen LogP contribution >= 0.6 is 11.8 Å². The molecular weight excluding hydrogens is 502 g/mol. The van der Waals surface area contributed by atoms with Crippen molar-refractivity contribution in [3.63, 3.8) is 0 Å². The first-order valence-electron chi connectivity index (χ1n) is 14.5. The second kappa shape index (κ2) is 9.91. The molecule has 1 amide bonds. The van der Waals surface area contributed by atoms with Gasteiger partial charge in [-0.25, -0.2) is 0 Å². The van der Waals surface area contributed by atoms with E-state index in [0.29, 0.717) is 12.8 Å². The standard InChI is InChI=1S/C30H45NO6S/c1-6-28(4)13-23(37-24(34)14-38-22-12-18-19(25(22)35)11-20(18)31-15-32)29(5)16(2)7-9-30(17(3)27(28)36)10-8-21(33)26(29)30/h6,15-20,22-23,25-27,35-36H,1,7-14H2,2-5H3,(H,31,32)/t16?,17-,18+,19+,20-,22-,23+,25-,26-,27?,28+,29-,30?/m0/s1. The fourth-order valence-electron chi connectivity index (χ4n) is 9.48. The lowest BCUT2D eigenvalue weighted by Crippen LogP contribution is -2.63. The first kappa shape index (κ1) is 28.2. The molecule has 38 heavy (non-hydrogen) atoms. The van der Waals surface area contributed by atoms with Crippen LogP contribution < -0.4 is 5.32 Å². The van der Waals surface area contributed by atoms with Crippen LogP contribution in [0.4, 0.5) is 0 Å². The number of hydrogen-bond donors (Lipinski definition) is 3. The van der Waals surface area contributed by atoms with Gasteiger partial charge >= 0.3 is 5.97 Å². The third-order valence-electron chi connectivity index (χ3n) is 12.2. The van der Waals surface area contributed by atoms with Gasteiger partial charge in [-0.3, -0.25) is 14.4 Å². The lowest BCUT2D eigenvalue weighted by molar-refractivity contribution is -0.205. The van der Waals surface area contributed by atoms with Gasteiger partial charge in [0.2, 0.25) is 6.41 Å². The molecule has 2 bridgehead atoms. The zero-order valence-corrected chi connectivity index (χ0v) is 24.0. The number of carbonyl (C=O) groups is 3. The Morgan fingerprint density at radius 1 is 1.21 bits per heavy atom. The lowest BCUT2D eigenvalue weighted by atomic mass is 9.44. The monoisotopic (exact) mass is 547 g/mol. The van der Waals surface area contributed by atoms with Crippen molar-refractivity contribution >= 4 is 29.9 Å². The number of fused-ring (bicyclic) bond motifs is 1. The maximum absolute atomic E-state index is 13.5. The third kappa shape index (κ3) is 4.02. The summed E-state index contributed by atoms with van der Waals surface area (Å²) in [4.78, 5) is 37.8. The molecule has 7 nitrogen and oxygen atoms in total. The van der Waals surface area contributed by atoms with Crippen LogP contribution in [-0.4, -0.2) is 63.7 Å². The fraction of sp³-hybridized carbons (Fsp3) is 0.833. The van der Waals surface area contributed by atoms with Crippen molar-refractivity contribution in [3.05, 3.63) is 12.7 Å². The molecule has 5 fully saturated rings. The predicted molar refractivity (Wildman–Crippen MR) is 146 cm³/mol. The Bertz CT molecular complexity index is 990. The zero-order valence-electron chi connectivity index (χ0n) is 23.2. The number of amides is 1. The number of aliphatic hydroxyl groups is 2. The third-order valence-corrected chi connectivity index (χ3v) is 13.5. The Morgan fingerprint density at radius 2 is 1.95 bits per heavy atom. The Morgan fingerprint density at radius 3 is 2.63 bits per heavy atom. The second-order valence-electron chi connectivity index (χ2n) is 13.6. The van der Waals surface area contributed by atoms with Crippen LogP contribution in [0.5, 0.6) is 0 Å². The Labute approximate surface area is 230 Å². The molecule has 0 aromatic rings. The van der Waals surface area contributed by atoms with E-state index in [4.69, 9.17) is 4.74 Å². The van der Waals surface area contributed by atoms with Gasteiger partial charge in [-0.1, -0.05) is 33.8 Å². The van der Waals surface area contributed by atoms with E-state index in [2.05, 4.69) is 32.7 Å². The van der Waals surface area contributed by atoms with Gasteiger partial charge in [0.25, 0.3) is 0 Å². The van der Waals surface area contributed by atoms with Crippen molar-refractivity contribution < 1.29 is 29.3 Å². The lowest BCUT2D eigenvalue weighted by Gasteiger charge is -2.61. The van der Waals surface area contributed by atoms with Crippen molar-refractivity contribution in [2.75, 3.05) is 5.75 Å². The molecule has 5 aliphatic rings. The SMILES string of the molecule is C=C[C@]1(C)C[C@@H](OC(=O)CS[C@H]2C[C@@H]3[C@@H](C[C@@H]3NC=O)[C@@H]2O)[C@]2(C)C(C)CCC3(CCC(=O)[C@H]32)[C@@H](C)C1O. The highest BCUT2D eigenvalue weighted by Gasteiger charge is 2.68. The number of thioether (sulfide) groups is 1. The Kier molecular flexibility index (Phi) is 7.35. The molecule has 8 heteroatoms. The minimum Gasteiger partial charge on any atom is -0.461 e. The quantitative estimate of drug-likeness (QED) is 0.254. The number of carbonyl (C=O) groups excluding carboxylic acids is 3. The van der Waals surface area contributed by atoms with Crippen LogP contribution in [0.3, 0.4) is 0 Å². The van der Waals surface area contributed by atoms with E-state index in [1.807, 2.05) is 13.0 Å². The van der Waals surface area contributed by atoms with Crippen molar-refractivity contribution in [2.24, 2.45) is 45.8 Å². The second-order valence-corrected chi connectivity index (χ2v) is 14.8. The van der Waals surface area contributed by atoms with Gasteiger partial charge in [-0.15, -0.1) is 18.3 Å². The topological polar surface area (TPSA) is 113 Å². The van der Waals surface area contributed by atoms with Gasteiger partial charge < -0.3 is 20.3 Å². The normalized spacial score (nSPS) is 51.6. The first-order valence-corrected chi connectivity index (χ1v) is 15.5. The molecule has 0 aromatic heterocycles. The number of hydrogen-bond acceptors (Lipinski definition) is 7. The number of esters is 1. The zero-order chi connectivity index (χ0) is 27.6. The molecule has 3 unspecified atom stereocenters. The van der Waals surface area contributed by atoms with Crippen molar-refractivity contribution in [3.8, 4) is 0 Å². The predicted octanol–water partition coefficient (Wildman–Crippen LogP) is 3.51. The molecule has 13 atom stereocenters. The average molecular weight is 548 g/mol. The molecule has 3 N–H and O–H groups in total. The molecule has 0 aliphatic heterocycles. The van der Waals surface area contributed by atoms with Crippen molar-refractivity contribution in [2.45, 2.75) is 102 Å². The molecule has 212 valence electrons. The van der Waals surface area contributed by atoms with E-state index in [1.165, 1.54) is 11.8 Å². The summed E-state index contributed by atoms with van der Waals surface area (Å²) in [5.74, 6) is 0.370. The number of rotatable bonds is 7. The highest BCUT2D eigenvalue weighted by Crippen LogP contribution is 2.68. The number of ether oxygens (including phenoxy) is 1. The van der Waals surface area contributed by atoms with Gasteiger partial charge in [0.15, 0.2) is 0 Å². The van der Waals surface area contributed by atoms with E-state index in [1.54, 1.807) is 0 Å². The molecule has 0 spiro atoms. The van der Waals surface area contributed by atoms with Gasteiger partial charge in [0.05, 0.1) is 18.0 Å². The van der Waals surface area contributed by atoms with Crippen molar-refractivity contribution in [1.29, 1.82) is 0 Å². The van der Waals surface area contributed by atoms with Crippen LogP contribution in [0.1, 0.15) is 72.6 Å². The maximum Gasteiger partial charge on any atom is 0.316 e. The maximum atomic E-state index is 13.5. The summed E-state index contributed by atoms with van der Waals surface area (Å²) in [6.45, 7) is 12.5. The summed E-state index contributed by atoms with van der Waals surface area (Å²) in [5, 5.41) is 25.2. The van der Waals surface area contributed by atoms with Crippen LogP contribution in [0.25, 0.3) is 0 Å². The minimum atomic E-state index is -0.682. The van der Waals surface area contributed by atoms with E-state index in [9.17, 15) is 24.6 Å². The van der Waals surface area contributed by atoms with Gasteiger partial charge in [-0.05, 0) is 67.6 Å². The molecule has 5 saturated carbocycles. The molecule has 0 radical (unpaired) electrons. The van der Waals surface area contributed by atoms with Crippen LogP contribution in [-0.2, 0) is 19.1 Å². The van der Waals surface area contributed by atoms with E-state index < -0.39 is 29.1 Å². The molecule has 0 saturated heterocycles. The molecule has 5 aliphatic carbocycles. The summed E-state index contributed by atoms with van der Waals surface area (Å²) in [6, 6.07) is 0.113. The highest BCUT2D eigenvalue weighted by molar-refractivity contribution is 8.00. The average Bonchev–Trinajstić information content (AvgIpc) is 3.36. The minimum absolute atomic E-state index is 0.0577. The highest BCUT2D eigenvalue weighted by atomic mass is 32.2. The molecule has 5 rings (SSSR count). The van der Waals surface area contributed by atoms with Crippen molar-refractivity contribution in [1.82, 2.24) is 5.32 Å². The van der Waals surface area contributed by atoms with E-state index in [-0.39, 0.29) is 63.8 Å². The van der Waals surface area contributed by atoms with Gasteiger partial charge in [0.1, 0.15) is 11.9 Å². The summed E-state index contributed by atoms with van der Waals surface area (Å²) in [5.41, 5.74) is -1.47. The number of ketones is 1. The molecule has 0 heterocycles.